The second-order valence-corrected chi connectivity index (χ2v) is 7.43. The maximum atomic E-state index is 13.6. The minimum Gasteiger partial charge on any atom is -0.366 e. The van der Waals surface area contributed by atoms with Gasteiger partial charge >= 0.3 is 0 Å². The molecule has 1 amide bonds. The fraction of sp³-hybridized carbons (Fsp3) is 0.318. The molecule has 3 rings (SSSR count). The molecule has 9 heteroatoms. The van der Waals surface area contributed by atoms with Crippen molar-refractivity contribution in [3.8, 4) is 11.3 Å². The van der Waals surface area contributed by atoms with E-state index in [2.05, 4.69) is 5.10 Å². The average molecular weight is 431 g/mol. The summed E-state index contributed by atoms with van der Waals surface area (Å²) in [6.45, 7) is 0.0712. The Morgan fingerprint density at radius 2 is 1.90 bits per heavy atom. The van der Waals surface area contributed by atoms with Gasteiger partial charge in [-0.05, 0) is 24.6 Å². The molecule has 1 aromatic carbocycles. The molecule has 164 valence electrons. The molecule has 0 saturated heterocycles. The third-order valence-corrected chi connectivity index (χ3v) is 5.19. The van der Waals surface area contributed by atoms with Gasteiger partial charge in [0.1, 0.15) is 11.6 Å². The molecule has 0 aliphatic heterocycles. The molecule has 31 heavy (non-hydrogen) atoms. The topological polar surface area (TPSA) is 96.4 Å². The highest BCUT2D eigenvalue weighted by Gasteiger charge is 2.36. The summed E-state index contributed by atoms with van der Waals surface area (Å²) < 4.78 is 39.1. The number of benzene rings is 1. The number of hydrogen-bond donors (Lipinski definition) is 1. The van der Waals surface area contributed by atoms with Gasteiger partial charge in [0.15, 0.2) is 6.29 Å². The lowest BCUT2D eigenvalue weighted by molar-refractivity contribution is -0.124. The summed E-state index contributed by atoms with van der Waals surface area (Å²) in [5.41, 5.74) is 5.13. The van der Waals surface area contributed by atoms with Crippen LogP contribution in [0.2, 0.25) is 0 Å². The fourth-order valence-corrected chi connectivity index (χ4v) is 3.66. The van der Waals surface area contributed by atoms with Crippen molar-refractivity contribution in [2.24, 2.45) is 11.1 Å². The molecule has 1 aliphatic rings. The number of rotatable bonds is 8. The summed E-state index contributed by atoms with van der Waals surface area (Å²) in [5, 5.41) is 4.31. The third kappa shape index (κ3) is 5.31. The number of nitrogens with two attached hydrogens (primary N) is 1. The number of nitrogens with zero attached hydrogens (tertiary/aromatic N) is 2. The van der Waals surface area contributed by atoms with Gasteiger partial charge in [0, 0.05) is 49.3 Å². The van der Waals surface area contributed by atoms with E-state index < -0.39 is 34.8 Å². The Bertz CT molecular complexity index is 1070. The van der Waals surface area contributed by atoms with Crippen LogP contribution in [0.25, 0.3) is 11.3 Å². The Morgan fingerprint density at radius 3 is 2.52 bits per heavy atom. The second-order valence-electron chi connectivity index (χ2n) is 7.43. The van der Waals surface area contributed by atoms with E-state index in [1.54, 1.807) is 12.2 Å². The van der Waals surface area contributed by atoms with E-state index in [0.717, 1.165) is 18.2 Å². The van der Waals surface area contributed by atoms with Crippen LogP contribution in [0.15, 0.2) is 58.9 Å². The molecule has 2 N–H and O–H groups in total. The van der Waals surface area contributed by atoms with Crippen LogP contribution in [0, 0.1) is 17.0 Å². The first-order valence-electron chi connectivity index (χ1n) is 9.54. The molecule has 1 aliphatic carbocycles. The first-order chi connectivity index (χ1) is 14.7. The molecule has 0 radical (unpaired) electrons. The van der Waals surface area contributed by atoms with E-state index in [4.69, 9.17) is 15.2 Å². The van der Waals surface area contributed by atoms with Crippen molar-refractivity contribution in [3.05, 3.63) is 76.1 Å². The Balaban J connectivity index is 2.01. The van der Waals surface area contributed by atoms with Gasteiger partial charge in [-0.3, -0.25) is 9.59 Å². The Morgan fingerprint density at radius 1 is 1.23 bits per heavy atom. The number of primary amides is 1. The van der Waals surface area contributed by atoms with Crippen LogP contribution in [0.4, 0.5) is 8.78 Å². The molecule has 0 saturated carbocycles. The number of allylic oxidation sites excluding steroid dienone is 3. The Labute approximate surface area is 177 Å². The summed E-state index contributed by atoms with van der Waals surface area (Å²) in [5.74, 6) is -2.06. The SMILES string of the molecule is COC(CC1(Cn2nc(-c3cc(F)cc(F)c3)ccc2=O)C=CC=C(C(N)=O)C1)OC. The van der Waals surface area contributed by atoms with Crippen LogP contribution in [-0.4, -0.2) is 36.2 Å². The minimum absolute atomic E-state index is 0.0712. The van der Waals surface area contributed by atoms with E-state index in [1.165, 1.54) is 31.0 Å². The van der Waals surface area contributed by atoms with Gasteiger partial charge in [-0.15, -0.1) is 0 Å². The lowest BCUT2D eigenvalue weighted by Gasteiger charge is -2.35. The highest BCUT2D eigenvalue weighted by atomic mass is 19.1. The van der Waals surface area contributed by atoms with Gasteiger partial charge in [0.05, 0.1) is 12.2 Å². The first-order valence-corrected chi connectivity index (χ1v) is 9.54. The molecular weight excluding hydrogens is 408 g/mol. The zero-order valence-electron chi connectivity index (χ0n) is 17.2. The summed E-state index contributed by atoms with van der Waals surface area (Å²) in [6, 6.07) is 5.71. The molecular formula is C22H23F2N3O4. The van der Waals surface area contributed by atoms with Crippen molar-refractivity contribution >= 4 is 5.91 Å². The van der Waals surface area contributed by atoms with Crippen molar-refractivity contribution < 1.29 is 23.0 Å². The lowest BCUT2D eigenvalue weighted by Crippen LogP contribution is -2.38. The molecule has 2 aromatic rings. The van der Waals surface area contributed by atoms with Gasteiger partial charge in [-0.1, -0.05) is 18.2 Å². The predicted molar refractivity (Wildman–Crippen MR) is 110 cm³/mol. The van der Waals surface area contributed by atoms with Crippen LogP contribution in [0.5, 0.6) is 0 Å². The predicted octanol–water partition coefficient (Wildman–Crippen LogP) is 2.56. The number of carbonyl (C=O) groups excluding carboxylic acids is 1. The zero-order chi connectivity index (χ0) is 22.6. The van der Waals surface area contributed by atoms with E-state index >= 15 is 0 Å². The number of halogens is 2. The number of amides is 1. The Kier molecular flexibility index (Phi) is 6.77. The average Bonchev–Trinajstić information content (AvgIpc) is 2.73. The molecule has 7 nitrogen and oxygen atoms in total. The molecule has 0 spiro atoms. The van der Waals surface area contributed by atoms with Gasteiger partial charge in [-0.25, -0.2) is 13.5 Å². The van der Waals surface area contributed by atoms with Crippen molar-refractivity contribution in [3.63, 3.8) is 0 Å². The first kappa shape index (κ1) is 22.5. The standard InChI is InChI=1S/C22H23F2N3O4/c1-30-20(31-2)12-22(7-3-4-14(11-22)21(25)29)13-27-19(28)6-5-18(26-27)15-8-16(23)10-17(24)9-15/h3-10,20H,11-13H2,1-2H3,(H2,25,29). The van der Waals surface area contributed by atoms with Crippen LogP contribution in [0.1, 0.15) is 12.8 Å². The maximum absolute atomic E-state index is 13.6. The smallest absolute Gasteiger partial charge is 0.266 e. The number of aromatic nitrogens is 2. The molecule has 0 bridgehead atoms. The van der Waals surface area contributed by atoms with Crippen molar-refractivity contribution in [2.75, 3.05) is 14.2 Å². The third-order valence-electron chi connectivity index (χ3n) is 5.19. The van der Waals surface area contributed by atoms with Crippen LogP contribution in [-0.2, 0) is 20.8 Å². The molecule has 1 atom stereocenters. The molecule has 1 unspecified atom stereocenters. The highest BCUT2D eigenvalue weighted by molar-refractivity contribution is 5.92. The van der Waals surface area contributed by atoms with Gasteiger partial charge in [-0.2, -0.15) is 5.10 Å². The zero-order valence-corrected chi connectivity index (χ0v) is 17.2. The number of carbonyl (C=O) groups is 1. The van der Waals surface area contributed by atoms with Gasteiger partial charge in [0.25, 0.3) is 5.56 Å². The highest BCUT2D eigenvalue weighted by Crippen LogP contribution is 2.38. The van der Waals surface area contributed by atoms with Crippen molar-refractivity contribution in [1.29, 1.82) is 0 Å². The van der Waals surface area contributed by atoms with E-state index in [1.807, 2.05) is 6.08 Å². The quantitative estimate of drug-likeness (QED) is 0.648. The van der Waals surface area contributed by atoms with E-state index in [-0.39, 0.29) is 24.2 Å². The van der Waals surface area contributed by atoms with Crippen LogP contribution in [0.3, 0.4) is 0 Å². The molecule has 1 heterocycles. The molecule has 0 fully saturated rings. The Hall–Kier alpha value is -3.17. The van der Waals surface area contributed by atoms with E-state index in [9.17, 15) is 18.4 Å². The van der Waals surface area contributed by atoms with Crippen molar-refractivity contribution in [2.45, 2.75) is 25.7 Å². The monoisotopic (exact) mass is 431 g/mol. The van der Waals surface area contributed by atoms with E-state index in [0.29, 0.717) is 12.0 Å². The van der Waals surface area contributed by atoms with Crippen LogP contribution >= 0.6 is 0 Å². The largest absolute Gasteiger partial charge is 0.366 e. The summed E-state index contributed by atoms with van der Waals surface area (Å²) >= 11 is 0. The van der Waals surface area contributed by atoms with Gasteiger partial charge in [0.2, 0.25) is 5.91 Å². The summed E-state index contributed by atoms with van der Waals surface area (Å²) in [7, 11) is 2.98. The second kappa shape index (κ2) is 9.32. The number of methoxy groups -OCH3 is 2. The normalized spacial score (nSPS) is 18.3. The van der Waals surface area contributed by atoms with Gasteiger partial charge < -0.3 is 15.2 Å². The maximum Gasteiger partial charge on any atom is 0.266 e. The summed E-state index contributed by atoms with van der Waals surface area (Å²) in [4.78, 5) is 24.3. The lowest BCUT2D eigenvalue weighted by atomic mass is 9.75. The number of ether oxygens (including phenoxy) is 2. The molecule has 1 aromatic heterocycles. The summed E-state index contributed by atoms with van der Waals surface area (Å²) in [6.07, 6.45) is 5.13. The fourth-order valence-electron chi connectivity index (χ4n) is 3.66. The number of hydrogen-bond acceptors (Lipinski definition) is 5. The van der Waals surface area contributed by atoms with Crippen LogP contribution < -0.4 is 11.3 Å². The van der Waals surface area contributed by atoms with Crippen molar-refractivity contribution in [1.82, 2.24) is 9.78 Å². The minimum atomic E-state index is -0.765.